The molecular weight excluding hydrogens is 314 g/mol. The first-order valence-electron chi connectivity index (χ1n) is 7.84. The van der Waals surface area contributed by atoms with Gasteiger partial charge in [0, 0.05) is 17.3 Å². The monoisotopic (exact) mass is 331 g/mol. The van der Waals surface area contributed by atoms with Crippen molar-refractivity contribution in [3.05, 3.63) is 60.8 Å². The van der Waals surface area contributed by atoms with E-state index in [0.717, 1.165) is 39.3 Å². The third-order valence-corrected chi connectivity index (χ3v) is 4.05. The lowest BCUT2D eigenvalue weighted by Gasteiger charge is -2.09. The summed E-state index contributed by atoms with van der Waals surface area (Å²) in [5.74, 6) is 2.09. The number of ether oxygens (including phenoxy) is 1. The van der Waals surface area contributed by atoms with E-state index in [1.54, 1.807) is 13.3 Å². The molecule has 2 aromatic heterocycles. The van der Waals surface area contributed by atoms with Gasteiger partial charge in [-0.25, -0.2) is 4.98 Å². The molecular formula is C19H17N5O. The fourth-order valence-corrected chi connectivity index (χ4v) is 2.71. The Hall–Kier alpha value is -3.54. The molecule has 0 atom stereocenters. The van der Waals surface area contributed by atoms with Crippen molar-refractivity contribution in [1.82, 2.24) is 15.2 Å². The van der Waals surface area contributed by atoms with Crippen molar-refractivity contribution >= 4 is 28.2 Å². The number of nitrogens with two attached hydrogens (primary N) is 1. The van der Waals surface area contributed by atoms with Gasteiger partial charge in [0.2, 0.25) is 0 Å². The van der Waals surface area contributed by atoms with Gasteiger partial charge in [0.25, 0.3) is 0 Å². The van der Waals surface area contributed by atoms with Crippen LogP contribution in [0.3, 0.4) is 0 Å². The molecule has 0 amide bonds. The number of nitrogen functional groups attached to an aromatic ring is 1. The van der Waals surface area contributed by atoms with Gasteiger partial charge in [-0.15, -0.1) is 0 Å². The van der Waals surface area contributed by atoms with Crippen LogP contribution >= 0.6 is 0 Å². The summed E-state index contributed by atoms with van der Waals surface area (Å²) < 4.78 is 5.17. The van der Waals surface area contributed by atoms with Crippen LogP contribution in [0.1, 0.15) is 0 Å². The Morgan fingerprint density at radius 2 is 1.80 bits per heavy atom. The van der Waals surface area contributed by atoms with Gasteiger partial charge in [0.1, 0.15) is 11.6 Å². The molecule has 0 unspecified atom stereocenters. The van der Waals surface area contributed by atoms with Crippen molar-refractivity contribution in [2.24, 2.45) is 0 Å². The standard InChI is InChI=1S/C19H17N5O/c1-25-15-5-3-14(4-6-15)22-18-11-13(8-9-21-18)12-2-7-17-16(10-12)19(20)24-23-17/h2-11H,1H3,(H,21,22)(H3,20,23,24). The lowest BCUT2D eigenvalue weighted by atomic mass is 10.0. The summed E-state index contributed by atoms with van der Waals surface area (Å²) >= 11 is 0. The fourth-order valence-electron chi connectivity index (χ4n) is 2.71. The number of aromatic nitrogens is 3. The maximum absolute atomic E-state index is 5.90. The van der Waals surface area contributed by atoms with Gasteiger partial charge in [0.05, 0.1) is 12.6 Å². The number of pyridine rings is 1. The van der Waals surface area contributed by atoms with E-state index in [1.807, 2.05) is 54.6 Å². The van der Waals surface area contributed by atoms with Crippen LogP contribution in [0.25, 0.3) is 22.0 Å². The Kier molecular flexibility index (Phi) is 3.70. The zero-order valence-corrected chi connectivity index (χ0v) is 13.7. The Morgan fingerprint density at radius 1 is 1.00 bits per heavy atom. The van der Waals surface area contributed by atoms with E-state index in [2.05, 4.69) is 20.5 Å². The molecule has 0 bridgehead atoms. The van der Waals surface area contributed by atoms with Gasteiger partial charge < -0.3 is 15.8 Å². The van der Waals surface area contributed by atoms with Gasteiger partial charge in [0.15, 0.2) is 5.82 Å². The average molecular weight is 331 g/mol. The Labute approximate surface area is 144 Å². The van der Waals surface area contributed by atoms with Crippen molar-refractivity contribution in [1.29, 1.82) is 0 Å². The van der Waals surface area contributed by atoms with Crippen molar-refractivity contribution in [3.63, 3.8) is 0 Å². The highest BCUT2D eigenvalue weighted by Gasteiger charge is 2.06. The largest absolute Gasteiger partial charge is 0.497 e. The lowest BCUT2D eigenvalue weighted by molar-refractivity contribution is 0.415. The number of benzene rings is 2. The van der Waals surface area contributed by atoms with E-state index in [-0.39, 0.29) is 0 Å². The normalized spacial score (nSPS) is 10.8. The van der Waals surface area contributed by atoms with Gasteiger partial charge in [-0.3, -0.25) is 5.10 Å². The first-order chi connectivity index (χ1) is 12.2. The smallest absolute Gasteiger partial charge is 0.153 e. The number of methoxy groups -OCH3 is 1. The van der Waals surface area contributed by atoms with Crippen molar-refractivity contribution in [2.45, 2.75) is 0 Å². The van der Waals surface area contributed by atoms with E-state index < -0.39 is 0 Å². The molecule has 0 radical (unpaired) electrons. The molecule has 0 aliphatic heterocycles. The highest BCUT2D eigenvalue weighted by molar-refractivity contribution is 5.92. The minimum absolute atomic E-state index is 0.502. The summed E-state index contributed by atoms with van der Waals surface area (Å²) in [5.41, 5.74) is 9.87. The zero-order valence-electron chi connectivity index (χ0n) is 13.7. The number of hydrogen-bond donors (Lipinski definition) is 3. The van der Waals surface area contributed by atoms with Crippen LogP contribution in [0.2, 0.25) is 0 Å². The SMILES string of the molecule is COc1ccc(Nc2cc(-c3ccc4[nH]nc(N)c4c3)ccn2)cc1. The summed E-state index contributed by atoms with van der Waals surface area (Å²) in [6.45, 7) is 0. The summed E-state index contributed by atoms with van der Waals surface area (Å²) in [5, 5.41) is 11.2. The van der Waals surface area contributed by atoms with E-state index in [4.69, 9.17) is 10.5 Å². The minimum Gasteiger partial charge on any atom is -0.497 e. The molecule has 4 rings (SSSR count). The quantitative estimate of drug-likeness (QED) is 0.527. The van der Waals surface area contributed by atoms with E-state index >= 15 is 0 Å². The molecule has 6 heteroatoms. The third kappa shape index (κ3) is 2.97. The molecule has 0 saturated heterocycles. The van der Waals surface area contributed by atoms with Crippen LogP contribution in [-0.4, -0.2) is 22.3 Å². The molecule has 0 fully saturated rings. The van der Waals surface area contributed by atoms with Crippen LogP contribution < -0.4 is 15.8 Å². The molecule has 2 heterocycles. The second-order valence-corrected chi connectivity index (χ2v) is 5.65. The first-order valence-corrected chi connectivity index (χ1v) is 7.84. The number of nitrogens with one attached hydrogen (secondary N) is 2. The Balaban J connectivity index is 1.64. The van der Waals surface area contributed by atoms with Crippen LogP contribution in [0, 0.1) is 0 Å². The lowest BCUT2D eigenvalue weighted by Crippen LogP contribution is -1.94. The van der Waals surface area contributed by atoms with Crippen molar-refractivity contribution in [3.8, 4) is 16.9 Å². The number of nitrogens with zero attached hydrogens (tertiary/aromatic N) is 2. The molecule has 2 aromatic carbocycles. The second-order valence-electron chi connectivity index (χ2n) is 5.65. The molecule has 0 saturated carbocycles. The second kappa shape index (κ2) is 6.16. The molecule has 0 spiro atoms. The van der Waals surface area contributed by atoms with Crippen LogP contribution in [-0.2, 0) is 0 Å². The maximum atomic E-state index is 5.90. The first kappa shape index (κ1) is 15.0. The number of H-pyrrole nitrogens is 1. The van der Waals surface area contributed by atoms with Crippen molar-refractivity contribution in [2.75, 3.05) is 18.2 Å². The number of anilines is 3. The van der Waals surface area contributed by atoms with Crippen LogP contribution in [0.5, 0.6) is 5.75 Å². The molecule has 124 valence electrons. The Morgan fingerprint density at radius 3 is 2.60 bits per heavy atom. The topological polar surface area (TPSA) is 88.8 Å². The predicted octanol–water partition coefficient (Wildman–Crippen LogP) is 3.96. The number of hydrogen-bond acceptors (Lipinski definition) is 5. The molecule has 4 N–H and O–H groups in total. The highest BCUT2D eigenvalue weighted by atomic mass is 16.5. The summed E-state index contributed by atoms with van der Waals surface area (Å²) in [6.07, 6.45) is 1.78. The van der Waals surface area contributed by atoms with E-state index in [9.17, 15) is 0 Å². The molecule has 25 heavy (non-hydrogen) atoms. The summed E-state index contributed by atoms with van der Waals surface area (Å²) in [6, 6.07) is 17.7. The van der Waals surface area contributed by atoms with Crippen LogP contribution in [0.4, 0.5) is 17.3 Å². The van der Waals surface area contributed by atoms with Gasteiger partial charge in [-0.1, -0.05) is 6.07 Å². The fraction of sp³-hybridized carbons (Fsp3) is 0.0526. The molecule has 6 nitrogen and oxygen atoms in total. The summed E-state index contributed by atoms with van der Waals surface area (Å²) in [7, 11) is 1.65. The van der Waals surface area contributed by atoms with Gasteiger partial charge >= 0.3 is 0 Å². The zero-order chi connectivity index (χ0) is 17.2. The van der Waals surface area contributed by atoms with E-state index in [0.29, 0.717) is 5.82 Å². The van der Waals surface area contributed by atoms with Crippen LogP contribution in [0.15, 0.2) is 60.8 Å². The van der Waals surface area contributed by atoms with Crippen molar-refractivity contribution < 1.29 is 4.74 Å². The number of fused-ring (bicyclic) bond motifs is 1. The Bertz CT molecular complexity index is 1020. The molecule has 4 aromatic rings. The van der Waals surface area contributed by atoms with E-state index in [1.165, 1.54) is 0 Å². The highest BCUT2D eigenvalue weighted by Crippen LogP contribution is 2.28. The summed E-state index contributed by atoms with van der Waals surface area (Å²) in [4.78, 5) is 4.39. The minimum atomic E-state index is 0.502. The molecule has 0 aliphatic rings. The number of rotatable bonds is 4. The van der Waals surface area contributed by atoms with Gasteiger partial charge in [-0.2, -0.15) is 5.10 Å². The predicted molar refractivity (Wildman–Crippen MR) is 100 cm³/mol. The maximum Gasteiger partial charge on any atom is 0.153 e. The molecule has 0 aliphatic carbocycles. The number of aromatic amines is 1. The third-order valence-electron chi connectivity index (χ3n) is 4.05. The average Bonchev–Trinajstić information content (AvgIpc) is 3.03. The van der Waals surface area contributed by atoms with Gasteiger partial charge in [-0.05, 0) is 59.7 Å².